The third kappa shape index (κ3) is 2.96. The number of aromatic amines is 1. The number of carbonyl (C=O) groups excluding carboxylic acids is 1. The summed E-state index contributed by atoms with van der Waals surface area (Å²) in [5, 5.41) is 0.247. The molecule has 1 heterocycles. The number of ether oxygens (including phenoxy) is 1. The predicted octanol–water partition coefficient (Wildman–Crippen LogP) is 3.05. The highest BCUT2D eigenvalue weighted by Crippen LogP contribution is 2.29. The molecule has 0 saturated carbocycles. The number of nitrogens with one attached hydrogen (secondary N) is 1. The van der Waals surface area contributed by atoms with Gasteiger partial charge in [0, 0.05) is 27.8 Å². The molecule has 0 aliphatic rings. The zero-order valence-electron chi connectivity index (χ0n) is 11.2. The number of halogens is 1. The first-order valence-electron chi connectivity index (χ1n) is 5.88. The molecule has 0 aliphatic carbocycles. The molecule has 2 aromatic rings. The number of H-pyrrole nitrogens is 1. The molecule has 5 nitrogen and oxygen atoms in total. The van der Waals surface area contributed by atoms with Crippen molar-refractivity contribution in [2.45, 2.75) is 31.3 Å². The van der Waals surface area contributed by atoms with E-state index in [1.165, 1.54) is 12.3 Å². The van der Waals surface area contributed by atoms with E-state index in [0.717, 1.165) is 0 Å². The first kappa shape index (κ1) is 14.9. The molecule has 20 heavy (non-hydrogen) atoms. The van der Waals surface area contributed by atoms with Gasteiger partial charge in [0.2, 0.25) is 0 Å². The van der Waals surface area contributed by atoms with E-state index in [-0.39, 0.29) is 15.8 Å². The van der Waals surface area contributed by atoms with E-state index in [1.54, 1.807) is 32.9 Å². The van der Waals surface area contributed by atoms with E-state index in [4.69, 9.17) is 15.4 Å². The number of hydrogen-bond acceptors (Lipinski definition) is 4. The standard InChI is InChI=1S/C13H14ClNO4S/c1-13(2,3)19-12(16)8-7-15-9-5-4-6-10(11(8)9)20(14,17)18/h4-7,15H,1-3H3. The Kier molecular flexibility index (Phi) is 3.56. The Labute approximate surface area is 121 Å². The van der Waals surface area contributed by atoms with Crippen LogP contribution in [0.5, 0.6) is 0 Å². The Morgan fingerprint density at radius 2 is 1.95 bits per heavy atom. The molecule has 0 aliphatic heterocycles. The fourth-order valence-corrected chi connectivity index (χ4v) is 2.94. The summed E-state index contributed by atoms with van der Waals surface area (Å²) >= 11 is 0. The first-order chi connectivity index (χ1) is 9.09. The van der Waals surface area contributed by atoms with Gasteiger partial charge in [-0.05, 0) is 32.9 Å². The summed E-state index contributed by atoms with van der Waals surface area (Å²) in [6.07, 6.45) is 1.42. The Bertz CT molecular complexity index is 771. The molecule has 0 amide bonds. The molecular weight excluding hydrogens is 302 g/mol. The van der Waals surface area contributed by atoms with Crippen molar-refractivity contribution in [3.8, 4) is 0 Å². The van der Waals surface area contributed by atoms with Gasteiger partial charge >= 0.3 is 5.97 Å². The van der Waals surface area contributed by atoms with Crippen LogP contribution >= 0.6 is 10.7 Å². The Hall–Kier alpha value is -1.53. The summed E-state index contributed by atoms with van der Waals surface area (Å²) in [5.74, 6) is -0.600. The van der Waals surface area contributed by atoms with Crippen LogP contribution in [0.4, 0.5) is 0 Å². The van der Waals surface area contributed by atoms with Crippen molar-refractivity contribution in [1.82, 2.24) is 4.98 Å². The van der Waals surface area contributed by atoms with E-state index in [2.05, 4.69) is 4.98 Å². The maximum absolute atomic E-state index is 12.1. The summed E-state index contributed by atoms with van der Waals surface area (Å²) in [5.41, 5.74) is -0.0162. The summed E-state index contributed by atoms with van der Waals surface area (Å²) < 4.78 is 28.5. The molecule has 0 radical (unpaired) electrons. The monoisotopic (exact) mass is 315 g/mol. The lowest BCUT2D eigenvalue weighted by molar-refractivity contribution is 0.00718. The zero-order valence-corrected chi connectivity index (χ0v) is 12.8. The largest absolute Gasteiger partial charge is 0.456 e. The number of fused-ring (bicyclic) bond motifs is 1. The second-order valence-corrected chi connectivity index (χ2v) is 7.86. The second kappa shape index (κ2) is 4.79. The molecule has 2 rings (SSSR count). The molecule has 1 aromatic heterocycles. The predicted molar refractivity (Wildman–Crippen MR) is 76.5 cm³/mol. The van der Waals surface area contributed by atoms with Gasteiger partial charge in [-0.3, -0.25) is 0 Å². The summed E-state index contributed by atoms with van der Waals surface area (Å²) in [7, 11) is 1.46. The third-order valence-electron chi connectivity index (χ3n) is 2.55. The van der Waals surface area contributed by atoms with Crippen LogP contribution in [-0.4, -0.2) is 25.0 Å². The second-order valence-electron chi connectivity index (χ2n) is 5.32. The van der Waals surface area contributed by atoms with E-state index in [0.29, 0.717) is 5.52 Å². The van der Waals surface area contributed by atoms with Gasteiger partial charge in [0.05, 0.1) is 10.5 Å². The van der Waals surface area contributed by atoms with Crippen LogP contribution in [0.15, 0.2) is 29.3 Å². The maximum atomic E-state index is 12.1. The number of esters is 1. The number of carbonyl (C=O) groups is 1. The molecule has 0 spiro atoms. The van der Waals surface area contributed by atoms with Crippen LogP contribution < -0.4 is 0 Å². The van der Waals surface area contributed by atoms with E-state index in [9.17, 15) is 13.2 Å². The van der Waals surface area contributed by atoms with Gasteiger partial charge in [-0.15, -0.1) is 0 Å². The molecule has 0 bridgehead atoms. The molecule has 0 saturated heterocycles. The van der Waals surface area contributed by atoms with Crippen molar-refractivity contribution in [2.75, 3.05) is 0 Å². The first-order valence-corrected chi connectivity index (χ1v) is 8.18. The molecule has 1 N–H and O–H groups in total. The molecule has 7 heteroatoms. The summed E-state index contributed by atoms with van der Waals surface area (Å²) in [4.78, 5) is 14.9. The molecular formula is C13H14ClNO4S. The van der Waals surface area contributed by atoms with Gasteiger partial charge in [0.15, 0.2) is 0 Å². The lowest BCUT2D eigenvalue weighted by Crippen LogP contribution is -2.23. The SMILES string of the molecule is CC(C)(C)OC(=O)c1c[nH]c2cccc(S(=O)(=O)Cl)c12. The Balaban J connectivity index is 2.65. The molecule has 1 aromatic carbocycles. The normalized spacial score (nSPS) is 12.6. The van der Waals surface area contributed by atoms with Crippen molar-refractivity contribution in [3.63, 3.8) is 0 Å². The van der Waals surface area contributed by atoms with Gasteiger partial charge in [-0.1, -0.05) is 6.07 Å². The number of rotatable bonds is 2. The van der Waals surface area contributed by atoms with Crippen molar-refractivity contribution in [2.24, 2.45) is 0 Å². The van der Waals surface area contributed by atoms with Crippen LogP contribution in [0, 0.1) is 0 Å². The molecule has 0 fully saturated rings. The Morgan fingerprint density at radius 1 is 1.30 bits per heavy atom. The summed E-state index contributed by atoms with van der Waals surface area (Å²) in [6.45, 7) is 5.21. The highest BCUT2D eigenvalue weighted by atomic mass is 35.7. The van der Waals surface area contributed by atoms with Crippen molar-refractivity contribution in [3.05, 3.63) is 30.0 Å². The number of benzene rings is 1. The van der Waals surface area contributed by atoms with Crippen molar-refractivity contribution >= 4 is 36.6 Å². The number of aromatic nitrogens is 1. The van der Waals surface area contributed by atoms with Gasteiger partial charge in [-0.25, -0.2) is 13.2 Å². The van der Waals surface area contributed by atoms with Crippen LogP contribution in [0.2, 0.25) is 0 Å². The van der Waals surface area contributed by atoms with Crippen molar-refractivity contribution in [1.29, 1.82) is 0 Å². The smallest absolute Gasteiger partial charge is 0.340 e. The van der Waals surface area contributed by atoms with Gasteiger partial charge < -0.3 is 9.72 Å². The molecule has 0 atom stereocenters. The highest BCUT2D eigenvalue weighted by molar-refractivity contribution is 8.14. The lowest BCUT2D eigenvalue weighted by atomic mass is 10.1. The van der Waals surface area contributed by atoms with Crippen LogP contribution in [0.3, 0.4) is 0 Å². The highest BCUT2D eigenvalue weighted by Gasteiger charge is 2.24. The van der Waals surface area contributed by atoms with Gasteiger partial charge in [0.25, 0.3) is 9.05 Å². The maximum Gasteiger partial charge on any atom is 0.340 e. The fraction of sp³-hybridized carbons (Fsp3) is 0.308. The molecule has 0 unspecified atom stereocenters. The van der Waals surface area contributed by atoms with E-state index >= 15 is 0 Å². The van der Waals surface area contributed by atoms with Gasteiger partial charge in [-0.2, -0.15) is 0 Å². The quantitative estimate of drug-likeness (QED) is 0.682. The minimum absolute atomic E-state index is 0.112. The fourth-order valence-electron chi connectivity index (χ4n) is 1.85. The lowest BCUT2D eigenvalue weighted by Gasteiger charge is -2.19. The minimum Gasteiger partial charge on any atom is -0.456 e. The van der Waals surface area contributed by atoms with Crippen LogP contribution in [0.25, 0.3) is 10.9 Å². The van der Waals surface area contributed by atoms with Gasteiger partial charge in [0.1, 0.15) is 5.60 Å². The van der Waals surface area contributed by atoms with Crippen LogP contribution in [-0.2, 0) is 13.8 Å². The Morgan fingerprint density at radius 3 is 2.50 bits per heavy atom. The summed E-state index contributed by atoms with van der Waals surface area (Å²) in [6, 6.07) is 4.56. The zero-order chi connectivity index (χ0) is 15.1. The average molecular weight is 316 g/mol. The van der Waals surface area contributed by atoms with Crippen LogP contribution in [0.1, 0.15) is 31.1 Å². The average Bonchev–Trinajstić information content (AvgIpc) is 2.68. The van der Waals surface area contributed by atoms with E-state index < -0.39 is 20.6 Å². The third-order valence-corrected chi connectivity index (χ3v) is 3.91. The van der Waals surface area contributed by atoms with E-state index in [1.807, 2.05) is 0 Å². The minimum atomic E-state index is -3.95. The molecule has 108 valence electrons. The topological polar surface area (TPSA) is 76.2 Å². The van der Waals surface area contributed by atoms with Crippen molar-refractivity contribution < 1.29 is 17.9 Å². The number of hydrogen-bond donors (Lipinski definition) is 1.